The minimum atomic E-state index is -0.739. The average molecular weight is 415 g/mol. The molecule has 0 bridgehead atoms. The summed E-state index contributed by atoms with van der Waals surface area (Å²) in [7, 11) is 0. The first kappa shape index (κ1) is 14.3. The van der Waals surface area contributed by atoms with Crippen LogP contribution in [0.4, 0.5) is 5.82 Å². The van der Waals surface area contributed by atoms with E-state index in [0.29, 0.717) is 26.5 Å². The lowest BCUT2D eigenvalue weighted by atomic mass is 10.2. The first-order valence-electron chi connectivity index (χ1n) is 6.01. The van der Waals surface area contributed by atoms with Crippen molar-refractivity contribution in [2.75, 3.05) is 11.9 Å². The summed E-state index contributed by atoms with van der Waals surface area (Å²) in [6, 6.07) is 7.21. The third kappa shape index (κ3) is 3.16. The van der Waals surface area contributed by atoms with Crippen molar-refractivity contribution in [2.24, 2.45) is 0 Å². The van der Waals surface area contributed by atoms with E-state index in [4.69, 9.17) is 9.47 Å². The number of hydrogen-bond donors (Lipinski definition) is 1. The van der Waals surface area contributed by atoms with Crippen molar-refractivity contribution in [3.05, 3.63) is 39.7 Å². The van der Waals surface area contributed by atoms with Crippen LogP contribution in [-0.2, 0) is 4.79 Å². The number of halogens is 2. The molecule has 6 nitrogen and oxygen atoms in total. The minimum absolute atomic E-state index is 0.143. The Morgan fingerprint density at radius 3 is 2.81 bits per heavy atom. The monoisotopic (exact) mass is 413 g/mol. The number of para-hydroxylation sites is 2. The number of nitrogens with one attached hydrogen (secondary N) is 1. The summed E-state index contributed by atoms with van der Waals surface area (Å²) in [6.07, 6.45) is 0.755. The van der Waals surface area contributed by atoms with Crippen LogP contribution in [-0.4, -0.2) is 28.6 Å². The molecular weight excluding hydrogens is 406 g/mol. The van der Waals surface area contributed by atoms with Crippen LogP contribution in [0.5, 0.6) is 11.5 Å². The van der Waals surface area contributed by atoms with Crippen molar-refractivity contribution in [1.29, 1.82) is 0 Å². The van der Waals surface area contributed by atoms with Gasteiger partial charge in [-0.2, -0.15) is 0 Å². The summed E-state index contributed by atoms with van der Waals surface area (Å²) in [5, 5.41) is 2.65. The molecule has 8 heteroatoms. The number of aromatic nitrogens is 2. The molecule has 1 amide bonds. The van der Waals surface area contributed by atoms with Gasteiger partial charge in [-0.3, -0.25) is 4.79 Å². The van der Waals surface area contributed by atoms with E-state index in [0.717, 1.165) is 0 Å². The summed E-state index contributed by atoms with van der Waals surface area (Å²) >= 11 is 6.43. The molecule has 0 saturated heterocycles. The molecule has 1 aromatic carbocycles. The number of anilines is 1. The zero-order valence-corrected chi connectivity index (χ0v) is 13.7. The van der Waals surface area contributed by atoms with Crippen LogP contribution in [0.1, 0.15) is 0 Å². The van der Waals surface area contributed by atoms with E-state index in [-0.39, 0.29) is 12.5 Å². The zero-order chi connectivity index (χ0) is 14.8. The van der Waals surface area contributed by atoms with E-state index in [2.05, 4.69) is 47.1 Å². The van der Waals surface area contributed by atoms with Gasteiger partial charge in [-0.15, -0.1) is 0 Å². The molecule has 1 N–H and O–H groups in total. The normalized spacial score (nSPS) is 16.4. The number of rotatable bonds is 2. The number of carbonyl (C=O) groups is 1. The molecule has 0 saturated carbocycles. The van der Waals surface area contributed by atoms with E-state index >= 15 is 0 Å². The van der Waals surface area contributed by atoms with Gasteiger partial charge >= 0.3 is 0 Å². The molecule has 0 fully saturated rings. The van der Waals surface area contributed by atoms with Crippen molar-refractivity contribution >= 4 is 43.6 Å². The second kappa shape index (κ2) is 5.98. The Balaban J connectivity index is 1.72. The fourth-order valence-corrected chi connectivity index (χ4v) is 2.69. The van der Waals surface area contributed by atoms with Crippen LogP contribution < -0.4 is 14.8 Å². The molecule has 1 aromatic heterocycles. The second-order valence-corrected chi connectivity index (χ2v) is 5.75. The molecule has 3 rings (SSSR count). The lowest BCUT2D eigenvalue weighted by Crippen LogP contribution is -2.40. The third-order valence-electron chi connectivity index (χ3n) is 2.74. The highest BCUT2D eigenvalue weighted by atomic mass is 79.9. The highest BCUT2D eigenvalue weighted by Crippen LogP contribution is 2.31. The predicted octanol–water partition coefficient (Wildman–Crippen LogP) is 2.78. The van der Waals surface area contributed by atoms with Gasteiger partial charge in [0.2, 0.25) is 6.10 Å². The van der Waals surface area contributed by atoms with Gasteiger partial charge < -0.3 is 14.8 Å². The highest BCUT2D eigenvalue weighted by molar-refractivity contribution is 9.11. The molecule has 2 aromatic rings. The third-order valence-corrected chi connectivity index (χ3v) is 3.68. The number of nitrogens with zero attached hydrogens (tertiary/aromatic N) is 2. The summed E-state index contributed by atoms with van der Waals surface area (Å²) in [6.45, 7) is 0.143. The Morgan fingerprint density at radius 2 is 2.05 bits per heavy atom. The summed E-state index contributed by atoms with van der Waals surface area (Å²) in [5.41, 5.74) is 0. The Labute approximate surface area is 137 Å². The Hall–Kier alpha value is -1.67. The molecule has 1 unspecified atom stereocenters. The number of fused-ring (bicyclic) bond motifs is 1. The van der Waals surface area contributed by atoms with Gasteiger partial charge in [0.05, 0.1) is 6.20 Å². The van der Waals surface area contributed by atoms with Gasteiger partial charge in [-0.25, -0.2) is 9.97 Å². The van der Waals surface area contributed by atoms with Crippen LogP contribution in [0, 0.1) is 0 Å². The average Bonchev–Trinajstić information content (AvgIpc) is 2.49. The van der Waals surface area contributed by atoms with E-state index in [1.54, 1.807) is 12.1 Å². The minimum Gasteiger partial charge on any atom is -0.485 e. The van der Waals surface area contributed by atoms with Crippen molar-refractivity contribution in [3.63, 3.8) is 0 Å². The topological polar surface area (TPSA) is 73.3 Å². The van der Waals surface area contributed by atoms with Crippen molar-refractivity contribution in [1.82, 2.24) is 9.97 Å². The van der Waals surface area contributed by atoms with E-state index in [1.807, 2.05) is 12.1 Å². The standard InChI is InChI=1S/C13H9Br2N3O3/c14-10-5-16-12(11(15)17-10)18-13(19)9-6-20-7-3-1-2-4-8(7)21-9/h1-5,9H,6H2,(H,16,18,19). The van der Waals surface area contributed by atoms with Crippen LogP contribution in [0.3, 0.4) is 0 Å². The fourth-order valence-electron chi connectivity index (χ4n) is 1.78. The molecule has 0 spiro atoms. The first-order valence-corrected chi connectivity index (χ1v) is 7.59. The summed E-state index contributed by atoms with van der Waals surface area (Å²) in [5.74, 6) is 1.16. The number of carbonyl (C=O) groups excluding carboxylic acids is 1. The molecule has 1 aliphatic heterocycles. The highest BCUT2D eigenvalue weighted by Gasteiger charge is 2.28. The number of hydrogen-bond acceptors (Lipinski definition) is 5. The van der Waals surface area contributed by atoms with E-state index in [1.165, 1.54) is 6.20 Å². The number of benzene rings is 1. The maximum Gasteiger partial charge on any atom is 0.270 e. The van der Waals surface area contributed by atoms with Crippen LogP contribution >= 0.6 is 31.9 Å². The molecule has 1 aliphatic rings. The SMILES string of the molecule is O=C(Nc1ncc(Br)nc1Br)C1COc2ccccc2O1. The second-order valence-electron chi connectivity index (χ2n) is 4.19. The van der Waals surface area contributed by atoms with Crippen molar-refractivity contribution in [3.8, 4) is 11.5 Å². The van der Waals surface area contributed by atoms with E-state index < -0.39 is 6.10 Å². The van der Waals surface area contributed by atoms with Gasteiger partial charge in [0, 0.05) is 0 Å². The van der Waals surface area contributed by atoms with Gasteiger partial charge in [-0.05, 0) is 44.0 Å². The summed E-state index contributed by atoms with van der Waals surface area (Å²) < 4.78 is 12.1. The smallest absolute Gasteiger partial charge is 0.270 e. The molecule has 0 aliphatic carbocycles. The van der Waals surface area contributed by atoms with Gasteiger partial charge in [0.15, 0.2) is 17.3 Å². The molecular formula is C13H9Br2N3O3. The molecule has 21 heavy (non-hydrogen) atoms. The molecule has 2 heterocycles. The van der Waals surface area contributed by atoms with Crippen LogP contribution in [0.2, 0.25) is 0 Å². The Bertz CT molecular complexity index is 696. The predicted molar refractivity (Wildman–Crippen MR) is 82.4 cm³/mol. The van der Waals surface area contributed by atoms with Crippen molar-refractivity contribution in [2.45, 2.75) is 6.10 Å². The molecule has 1 atom stereocenters. The van der Waals surface area contributed by atoms with Gasteiger partial charge in [0.25, 0.3) is 5.91 Å². The Kier molecular flexibility index (Phi) is 4.07. The lowest BCUT2D eigenvalue weighted by molar-refractivity contribution is -0.125. The Morgan fingerprint density at radius 1 is 1.29 bits per heavy atom. The van der Waals surface area contributed by atoms with Crippen LogP contribution in [0.15, 0.2) is 39.7 Å². The van der Waals surface area contributed by atoms with Gasteiger partial charge in [-0.1, -0.05) is 12.1 Å². The van der Waals surface area contributed by atoms with Crippen LogP contribution in [0.25, 0.3) is 0 Å². The van der Waals surface area contributed by atoms with Crippen molar-refractivity contribution < 1.29 is 14.3 Å². The number of ether oxygens (including phenoxy) is 2. The molecule has 0 radical (unpaired) electrons. The lowest BCUT2D eigenvalue weighted by Gasteiger charge is -2.25. The zero-order valence-electron chi connectivity index (χ0n) is 10.5. The first-order chi connectivity index (χ1) is 10.1. The quantitative estimate of drug-likeness (QED) is 0.817. The fraction of sp³-hybridized carbons (Fsp3) is 0.154. The van der Waals surface area contributed by atoms with E-state index in [9.17, 15) is 4.79 Å². The number of amides is 1. The maximum atomic E-state index is 12.2. The maximum absolute atomic E-state index is 12.2. The largest absolute Gasteiger partial charge is 0.485 e. The summed E-state index contributed by atoms with van der Waals surface area (Å²) in [4.78, 5) is 20.4. The molecule has 108 valence electrons. The van der Waals surface area contributed by atoms with Gasteiger partial charge in [0.1, 0.15) is 15.8 Å².